The quantitative estimate of drug-likeness (QED) is 0.612. The van der Waals surface area contributed by atoms with Gasteiger partial charge in [-0.25, -0.2) is 0 Å². The molecule has 1 aliphatic rings. The minimum absolute atomic E-state index is 0.921. The summed E-state index contributed by atoms with van der Waals surface area (Å²) < 4.78 is 0. The Hall–Kier alpha value is -1.38. The molecule has 12 heavy (non-hydrogen) atoms. The molecule has 1 aliphatic heterocycles. The summed E-state index contributed by atoms with van der Waals surface area (Å²) in [6.07, 6.45) is 1.24. The summed E-state index contributed by atoms with van der Waals surface area (Å²) in [6, 6.07) is 9.80. The maximum atomic E-state index is 4.08. The first-order valence-electron chi connectivity index (χ1n) is 4.17. The van der Waals surface area contributed by atoms with Crippen molar-refractivity contribution in [3.63, 3.8) is 0 Å². The van der Waals surface area contributed by atoms with Crippen molar-refractivity contribution in [3.8, 4) is 0 Å². The van der Waals surface area contributed by atoms with E-state index in [1.54, 1.807) is 0 Å². The van der Waals surface area contributed by atoms with Crippen LogP contribution in [0.2, 0.25) is 0 Å². The van der Waals surface area contributed by atoms with Crippen molar-refractivity contribution in [2.24, 2.45) is 10.3 Å². The van der Waals surface area contributed by atoms with Gasteiger partial charge in [0.25, 0.3) is 0 Å². The van der Waals surface area contributed by atoms with Gasteiger partial charge in [0.2, 0.25) is 0 Å². The van der Waals surface area contributed by atoms with Crippen LogP contribution in [0.5, 0.6) is 0 Å². The Morgan fingerprint density at radius 2 is 1.83 bits per heavy atom. The summed E-state index contributed by atoms with van der Waals surface area (Å²) in [5, 5.41) is 10.1. The second kappa shape index (κ2) is 3.34. The molecule has 0 unspecified atom stereocenters. The molecule has 1 heterocycles. The van der Waals surface area contributed by atoms with Crippen LogP contribution < -0.4 is 0 Å². The highest BCUT2D eigenvalue weighted by Crippen LogP contribution is 2.13. The maximum Gasteiger partial charge on any atom is 0.0874 e. The zero-order valence-corrected chi connectivity index (χ0v) is 6.85. The molecule has 62 valence electrons. The fourth-order valence-corrected chi connectivity index (χ4v) is 0.999. The van der Waals surface area contributed by atoms with E-state index in [2.05, 4.69) is 10.3 Å². The van der Waals surface area contributed by atoms with Crippen LogP contribution in [0.1, 0.15) is 6.42 Å². The van der Waals surface area contributed by atoms with Gasteiger partial charge in [-0.3, -0.25) is 5.01 Å². The number of benzene rings is 1. The predicted molar refractivity (Wildman–Crippen MR) is 47.1 cm³/mol. The third kappa shape index (κ3) is 1.61. The summed E-state index contributed by atoms with van der Waals surface area (Å²) in [5.41, 5.74) is 0.921. The smallest absolute Gasteiger partial charge is 0.0874 e. The molecule has 0 aliphatic carbocycles. The van der Waals surface area contributed by atoms with E-state index in [4.69, 9.17) is 0 Å². The van der Waals surface area contributed by atoms with Gasteiger partial charge in [0.1, 0.15) is 0 Å². The second-order valence-corrected chi connectivity index (χ2v) is 2.83. The molecule has 0 aromatic heterocycles. The largest absolute Gasteiger partial charge is 0.278 e. The first-order chi connectivity index (χ1) is 5.95. The normalized spacial score (nSPS) is 16.5. The standard InChI is InChI=1S/C9H11N3/c1-2-5-9(6-3-1)10-11-12-7-4-8-12/h1-3,5-6H,4,7-8H2. The minimum atomic E-state index is 0.921. The summed E-state index contributed by atoms with van der Waals surface area (Å²) in [4.78, 5) is 0. The Labute approximate surface area is 71.7 Å². The van der Waals surface area contributed by atoms with Crippen molar-refractivity contribution in [3.05, 3.63) is 30.3 Å². The lowest BCUT2D eigenvalue weighted by molar-refractivity contribution is 0.176. The lowest BCUT2D eigenvalue weighted by Crippen LogP contribution is -2.31. The van der Waals surface area contributed by atoms with E-state index in [0.29, 0.717) is 0 Å². The summed E-state index contributed by atoms with van der Waals surface area (Å²) in [6.45, 7) is 2.10. The lowest BCUT2D eigenvalue weighted by Gasteiger charge is -2.25. The van der Waals surface area contributed by atoms with Crippen LogP contribution in [0.15, 0.2) is 40.7 Å². The van der Waals surface area contributed by atoms with E-state index in [9.17, 15) is 0 Å². The molecule has 0 radical (unpaired) electrons. The van der Waals surface area contributed by atoms with E-state index in [0.717, 1.165) is 18.8 Å². The van der Waals surface area contributed by atoms with Crippen LogP contribution in [0, 0.1) is 0 Å². The summed E-state index contributed by atoms with van der Waals surface area (Å²) in [7, 11) is 0. The zero-order valence-electron chi connectivity index (χ0n) is 6.85. The Balaban J connectivity index is 1.98. The van der Waals surface area contributed by atoms with Gasteiger partial charge in [0, 0.05) is 13.1 Å². The Bertz CT molecular complexity index is 264. The molecule has 0 N–H and O–H groups in total. The highest BCUT2D eigenvalue weighted by Gasteiger charge is 2.09. The molecule has 0 bridgehead atoms. The van der Waals surface area contributed by atoms with Gasteiger partial charge >= 0.3 is 0 Å². The van der Waals surface area contributed by atoms with E-state index >= 15 is 0 Å². The Morgan fingerprint density at radius 3 is 2.42 bits per heavy atom. The number of hydrogen-bond acceptors (Lipinski definition) is 2. The third-order valence-corrected chi connectivity index (χ3v) is 1.88. The van der Waals surface area contributed by atoms with Crippen LogP contribution in [0.25, 0.3) is 0 Å². The highest BCUT2D eigenvalue weighted by atomic mass is 15.6. The van der Waals surface area contributed by atoms with Crippen molar-refractivity contribution in [1.29, 1.82) is 0 Å². The third-order valence-electron chi connectivity index (χ3n) is 1.88. The van der Waals surface area contributed by atoms with Gasteiger partial charge in [0.15, 0.2) is 0 Å². The van der Waals surface area contributed by atoms with Gasteiger partial charge in [-0.05, 0) is 18.6 Å². The number of hydrogen-bond donors (Lipinski definition) is 0. The first-order valence-corrected chi connectivity index (χ1v) is 4.17. The average molecular weight is 161 g/mol. The zero-order chi connectivity index (χ0) is 8.23. The molecule has 2 rings (SSSR count). The summed E-state index contributed by atoms with van der Waals surface area (Å²) >= 11 is 0. The van der Waals surface area contributed by atoms with E-state index in [1.807, 2.05) is 35.3 Å². The van der Waals surface area contributed by atoms with Crippen LogP contribution in [0.4, 0.5) is 5.69 Å². The fraction of sp³-hybridized carbons (Fsp3) is 0.333. The van der Waals surface area contributed by atoms with Crippen molar-refractivity contribution in [2.75, 3.05) is 13.1 Å². The van der Waals surface area contributed by atoms with Crippen molar-refractivity contribution >= 4 is 5.69 Å². The predicted octanol–water partition coefficient (Wildman–Crippen LogP) is 2.39. The number of nitrogens with zero attached hydrogens (tertiary/aromatic N) is 3. The second-order valence-electron chi connectivity index (χ2n) is 2.83. The van der Waals surface area contributed by atoms with Gasteiger partial charge in [-0.1, -0.05) is 23.4 Å². The van der Waals surface area contributed by atoms with Crippen LogP contribution in [-0.4, -0.2) is 18.1 Å². The molecule has 1 aromatic carbocycles. The van der Waals surface area contributed by atoms with Crippen molar-refractivity contribution in [1.82, 2.24) is 5.01 Å². The van der Waals surface area contributed by atoms with Gasteiger partial charge in [0.05, 0.1) is 5.69 Å². The molecule has 3 nitrogen and oxygen atoms in total. The molecule has 1 aromatic rings. The average Bonchev–Trinajstić information content (AvgIpc) is 2.04. The van der Waals surface area contributed by atoms with Crippen molar-refractivity contribution < 1.29 is 0 Å². The minimum Gasteiger partial charge on any atom is -0.278 e. The Morgan fingerprint density at radius 1 is 1.08 bits per heavy atom. The van der Waals surface area contributed by atoms with E-state index in [-0.39, 0.29) is 0 Å². The Kier molecular flexibility index (Phi) is 2.03. The molecular formula is C9H11N3. The lowest BCUT2D eigenvalue weighted by atomic mass is 10.3. The monoisotopic (exact) mass is 161 g/mol. The molecule has 1 saturated heterocycles. The summed E-state index contributed by atoms with van der Waals surface area (Å²) in [5.74, 6) is 0. The molecule has 0 saturated carbocycles. The molecule has 0 spiro atoms. The van der Waals surface area contributed by atoms with Crippen LogP contribution >= 0.6 is 0 Å². The SMILES string of the molecule is c1ccc(N=NN2CCC2)cc1. The molecule has 0 atom stereocenters. The van der Waals surface area contributed by atoms with Crippen LogP contribution in [-0.2, 0) is 0 Å². The first kappa shape index (κ1) is 7.28. The molecule has 0 amide bonds. The molecule has 1 fully saturated rings. The number of rotatable bonds is 2. The van der Waals surface area contributed by atoms with Gasteiger partial charge in [-0.15, -0.1) is 5.11 Å². The van der Waals surface area contributed by atoms with Crippen molar-refractivity contribution in [2.45, 2.75) is 6.42 Å². The van der Waals surface area contributed by atoms with E-state index in [1.165, 1.54) is 6.42 Å². The molecular weight excluding hydrogens is 150 g/mol. The fourth-order valence-electron chi connectivity index (χ4n) is 0.999. The van der Waals surface area contributed by atoms with Gasteiger partial charge < -0.3 is 0 Å². The van der Waals surface area contributed by atoms with Crippen LogP contribution in [0.3, 0.4) is 0 Å². The maximum absolute atomic E-state index is 4.08. The highest BCUT2D eigenvalue weighted by molar-refractivity contribution is 5.34. The molecule has 3 heteroatoms. The van der Waals surface area contributed by atoms with Gasteiger partial charge in [-0.2, -0.15) is 0 Å². The van der Waals surface area contributed by atoms with E-state index < -0.39 is 0 Å². The topological polar surface area (TPSA) is 28.0 Å².